The minimum Gasteiger partial charge on any atom is -0.493 e. The molecule has 0 fully saturated rings. The Balaban J connectivity index is 1.55. The molecule has 0 saturated carbocycles. The number of ketones is 2. The van der Waals surface area contributed by atoms with E-state index in [4.69, 9.17) is 25.8 Å². The minimum atomic E-state index is -0.467. The summed E-state index contributed by atoms with van der Waals surface area (Å²) in [6, 6.07) is 13.2. The zero-order valence-corrected chi connectivity index (χ0v) is 22.8. The van der Waals surface area contributed by atoms with Gasteiger partial charge in [0.15, 0.2) is 23.1 Å². The molecule has 5 rings (SSSR count). The Kier molecular flexibility index (Phi) is 6.47. The second kappa shape index (κ2) is 9.36. The van der Waals surface area contributed by atoms with Crippen LogP contribution in [0.5, 0.6) is 11.5 Å². The van der Waals surface area contributed by atoms with E-state index in [2.05, 4.69) is 27.7 Å². The Morgan fingerprint density at radius 3 is 1.95 bits per heavy atom. The molecule has 1 aliphatic heterocycles. The molecule has 0 bridgehead atoms. The summed E-state index contributed by atoms with van der Waals surface area (Å²) in [7, 11) is 1.59. The van der Waals surface area contributed by atoms with E-state index in [1.54, 1.807) is 7.11 Å². The molecule has 0 radical (unpaired) electrons. The van der Waals surface area contributed by atoms with Crippen molar-refractivity contribution in [2.24, 2.45) is 10.8 Å². The van der Waals surface area contributed by atoms with E-state index in [0.717, 1.165) is 11.1 Å². The maximum absolute atomic E-state index is 13.5. The number of carbonyl (C=O) groups is 2. The molecule has 37 heavy (non-hydrogen) atoms. The molecule has 3 aliphatic rings. The Bertz CT molecular complexity index is 1280. The molecule has 6 heteroatoms. The highest BCUT2D eigenvalue weighted by Crippen LogP contribution is 2.53. The van der Waals surface area contributed by atoms with Crippen LogP contribution < -0.4 is 9.47 Å². The Hall–Kier alpha value is -3.05. The summed E-state index contributed by atoms with van der Waals surface area (Å²) in [6.45, 7) is 8.70. The van der Waals surface area contributed by atoms with E-state index < -0.39 is 5.92 Å². The number of benzene rings is 2. The molecule has 2 aromatic rings. The average molecular weight is 521 g/mol. The standard InChI is InChI=1S/C31H33ClO5/c1-30(2)13-21(33)28-25(15-30)37-26-16-31(3,4)14-22(34)29(26)27(28)19-8-11-23(24(12-19)35-5)36-17-18-6-9-20(32)10-7-18/h6-12,27H,13-17H2,1-5H3. The van der Waals surface area contributed by atoms with Crippen LogP contribution in [0.15, 0.2) is 65.1 Å². The summed E-state index contributed by atoms with van der Waals surface area (Å²) in [5, 5.41) is 0.672. The number of allylic oxidation sites excluding steroid dienone is 4. The van der Waals surface area contributed by atoms with Gasteiger partial charge in [0, 0.05) is 47.8 Å². The number of rotatable bonds is 5. The average Bonchev–Trinajstić information content (AvgIpc) is 2.80. The largest absolute Gasteiger partial charge is 0.493 e. The third-order valence-electron chi connectivity index (χ3n) is 7.41. The third-order valence-corrected chi connectivity index (χ3v) is 7.66. The highest BCUT2D eigenvalue weighted by molar-refractivity contribution is 6.30. The van der Waals surface area contributed by atoms with Gasteiger partial charge in [0.2, 0.25) is 0 Å². The smallest absolute Gasteiger partial charge is 0.163 e. The molecular formula is C31H33ClO5. The third kappa shape index (κ3) is 5.06. The van der Waals surface area contributed by atoms with E-state index in [1.165, 1.54) is 0 Å². The second-order valence-corrected chi connectivity index (χ2v) is 12.4. The molecule has 0 aromatic heterocycles. The number of carbonyl (C=O) groups excluding carboxylic acids is 2. The number of halogens is 1. The zero-order chi connectivity index (χ0) is 26.5. The van der Waals surface area contributed by atoms with Gasteiger partial charge in [-0.15, -0.1) is 0 Å². The number of ether oxygens (including phenoxy) is 3. The summed E-state index contributed by atoms with van der Waals surface area (Å²) in [5.74, 6) is 2.17. The highest BCUT2D eigenvalue weighted by atomic mass is 35.5. The molecule has 1 heterocycles. The summed E-state index contributed by atoms with van der Waals surface area (Å²) >= 11 is 5.99. The summed E-state index contributed by atoms with van der Waals surface area (Å²) < 4.78 is 18.1. The lowest BCUT2D eigenvalue weighted by molar-refractivity contribution is -0.120. The van der Waals surface area contributed by atoms with Crippen LogP contribution in [-0.2, 0) is 20.9 Å². The zero-order valence-electron chi connectivity index (χ0n) is 22.1. The van der Waals surface area contributed by atoms with Gasteiger partial charge in [-0.2, -0.15) is 0 Å². The predicted molar refractivity (Wildman–Crippen MR) is 143 cm³/mol. The van der Waals surface area contributed by atoms with E-state index in [1.807, 2.05) is 42.5 Å². The van der Waals surface area contributed by atoms with Crippen LogP contribution in [-0.4, -0.2) is 18.7 Å². The first-order valence-electron chi connectivity index (χ1n) is 12.7. The van der Waals surface area contributed by atoms with Crippen LogP contribution in [0.4, 0.5) is 0 Å². The van der Waals surface area contributed by atoms with Gasteiger partial charge < -0.3 is 14.2 Å². The molecule has 194 valence electrons. The molecule has 0 saturated heterocycles. The molecule has 2 aromatic carbocycles. The van der Waals surface area contributed by atoms with Gasteiger partial charge in [-0.3, -0.25) is 9.59 Å². The van der Waals surface area contributed by atoms with Crippen molar-refractivity contribution < 1.29 is 23.8 Å². The van der Waals surface area contributed by atoms with Crippen LogP contribution in [0.25, 0.3) is 0 Å². The molecule has 0 amide bonds. The van der Waals surface area contributed by atoms with Crippen molar-refractivity contribution >= 4 is 23.2 Å². The molecule has 2 aliphatic carbocycles. The highest BCUT2D eigenvalue weighted by Gasteiger charge is 2.47. The molecule has 0 unspecified atom stereocenters. The van der Waals surface area contributed by atoms with Crippen LogP contribution in [0.1, 0.15) is 70.4 Å². The lowest BCUT2D eigenvalue weighted by atomic mass is 9.65. The molecule has 5 nitrogen and oxygen atoms in total. The number of hydrogen-bond donors (Lipinski definition) is 0. The van der Waals surface area contributed by atoms with Crippen molar-refractivity contribution in [3.8, 4) is 11.5 Å². The normalized spacial score (nSPS) is 20.8. The molecule has 0 spiro atoms. The fraction of sp³-hybridized carbons (Fsp3) is 0.419. The van der Waals surface area contributed by atoms with Crippen molar-refractivity contribution in [2.75, 3.05) is 7.11 Å². The Morgan fingerprint density at radius 2 is 1.41 bits per heavy atom. The van der Waals surface area contributed by atoms with Crippen molar-refractivity contribution in [3.05, 3.63) is 81.3 Å². The predicted octanol–water partition coefficient (Wildman–Crippen LogP) is 7.33. The van der Waals surface area contributed by atoms with Gasteiger partial charge in [0.25, 0.3) is 0 Å². The summed E-state index contributed by atoms with van der Waals surface area (Å²) in [4.78, 5) is 27.0. The van der Waals surface area contributed by atoms with E-state index >= 15 is 0 Å². The Morgan fingerprint density at radius 1 is 0.838 bits per heavy atom. The van der Waals surface area contributed by atoms with Crippen LogP contribution in [0, 0.1) is 10.8 Å². The first-order valence-corrected chi connectivity index (χ1v) is 13.1. The molecule has 0 N–H and O–H groups in total. The van der Waals surface area contributed by atoms with Crippen molar-refractivity contribution in [1.29, 1.82) is 0 Å². The van der Waals surface area contributed by atoms with Crippen molar-refractivity contribution in [2.45, 2.75) is 65.9 Å². The maximum atomic E-state index is 13.5. The fourth-order valence-electron chi connectivity index (χ4n) is 5.73. The minimum absolute atomic E-state index is 0.0439. The monoisotopic (exact) mass is 520 g/mol. The van der Waals surface area contributed by atoms with Gasteiger partial charge in [-0.25, -0.2) is 0 Å². The lowest BCUT2D eigenvalue weighted by Crippen LogP contribution is -2.37. The van der Waals surface area contributed by atoms with Crippen LogP contribution in [0.3, 0.4) is 0 Å². The Labute approximate surface area is 223 Å². The van der Waals surface area contributed by atoms with Crippen molar-refractivity contribution in [1.82, 2.24) is 0 Å². The van der Waals surface area contributed by atoms with E-state index in [0.29, 0.717) is 71.5 Å². The SMILES string of the molecule is COc1cc(C2C3=C(CC(C)(C)CC3=O)OC3=C2C(=O)CC(C)(C)C3)ccc1OCc1ccc(Cl)cc1. The number of methoxy groups -OCH3 is 1. The maximum Gasteiger partial charge on any atom is 0.163 e. The van der Waals surface area contributed by atoms with Crippen molar-refractivity contribution in [3.63, 3.8) is 0 Å². The van der Waals surface area contributed by atoms with Gasteiger partial charge in [0.05, 0.1) is 7.11 Å². The van der Waals surface area contributed by atoms with Gasteiger partial charge in [-0.1, -0.05) is 57.5 Å². The lowest BCUT2D eigenvalue weighted by Gasteiger charge is -2.42. The quantitative estimate of drug-likeness (QED) is 0.413. The van der Waals surface area contributed by atoms with E-state index in [9.17, 15) is 9.59 Å². The first-order chi connectivity index (χ1) is 17.5. The summed E-state index contributed by atoms with van der Waals surface area (Å²) in [6.07, 6.45) is 2.17. The fourth-order valence-corrected chi connectivity index (χ4v) is 5.86. The van der Waals surface area contributed by atoms with Gasteiger partial charge in [0.1, 0.15) is 18.1 Å². The van der Waals surface area contributed by atoms with Crippen LogP contribution in [0.2, 0.25) is 5.02 Å². The second-order valence-electron chi connectivity index (χ2n) is 11.9. The van der Waals surface area contributed by atoms with Gasteiger partial charge in [-0.05, 0) is 46.2 Å². The topological polar surface area (TPSA) is 61.8 Å². The molecular weight excluding hydrogens is 488 g/mol. The van der Waals surface area contributed by atoms with Crippen LogP contribution >= 0.6 is 11.6 Å². The first kappa shape index (κ1) is 25.6. The number of Topliss-reactive ketones (excluding diaryl/α,β-unsaturated/α-hetero) is 2. The summed E-state index contributed by atoms with van der Waals surface area (Å²) in [5.41, 5.74) is 2.66. The molecule has 0 atom stereocenters. The number of hydrogen-bond acceptors (Lipinski definition) is 5. The van der Waals surface area contributed by atoms with E-state index in [-0.39, 0.29) is 22.4 Å². The van der Waals surface area contributed by atoms with Gasteiger partial charge >= 0.3 is 0 Å².